The minimum atomic E-state index is -3.89. The maximum atomic E-state index is 14.5. The molecule has 3 heterocycles. The Kier molecular flexibility index (Phi) is 10.3. The smallest absolute Gasteiger partial charge is 0.408 e. The van der Waals surface area contributed by atoms with Crippen LogP contribution < -0.4 is 24.8 Å². The summed E-state index contributed by atoms with van der Waals surface area (Å²) in [4.78, 5) is 61.2. The third-order valence-corrected chi connectivity index (χ3v) is 12.7. The lowest BCUT2D eigenvalue weighted by molar-refractivity contribution is -0.143. The molecule has 1 saturated heterocycles. The Labute approximate surface area is 302 Å². The first kappa shape index (κ1) is 36.9. The van der Waals surface area contributed by atoms with E-state index >= 15 is 0 Å². The number of likely N-dealkylation sites (tertiary alicyclic amines) is 1. The molecule has 2 aromatic heterocycles. The fourth-order valence-electron chi connectivity index (χ4n) is 6.91. The van der Waals surface area contributed by atoms with Crippen LogP contribution in [0.25, 0.3) is 10.2 Å². The second-order valence-electron chi connectivity index (χ2n) is 14.9. The van der Waals surface area contributed by atoms with Crippen molar-refractivity contribution >= 4 is 55.4 Å². The molecular formula is C35H47N5O9S2. The van der Waals surface area contributed by atoms with E-state index in [9.17, 15) is 27.6 Å². The molecule has 0 aromatic carbocycles. The molecular weight excluding hydrogens is 699 g/mol. The minimum absolute atomic E-state index is 0.0118. The lowest BCUT2D eigenvalue weighted by atomic mass is 9.85. The summed E-state index contributed by atoms with van der Waals surface area (Å²) in [7, 11) is -3.89. The normalized spacial score (nSPS) is 25.6. The van der Waals surface area contributed by atoms with Gasteiger partial charge >= 0.3 is 6.09 Å². The van der Waals surface area contributed by atoms with Gasteiger partial charge in [-0.15, -0.1) is 17.9 Å². The predicted molar refractivity (Wildman–Crippen MR) is 190 cm³/mol. The van der Waals surface area contributed by atoms with E-state index in [0.29, 0.717) is 36.6 Å². The van der Waals surface area contributed by atoms with Crippen LogP contribution >= 0.6 is 11.3 Å². The summed E-state index contributed by atoms with van der Waals surface area (Å²) in [6.45, 7) is 11.4. The van der Waals surface area contributed by atoms with Crippen LogP contribution in [0, 0.1) is 11.3 Å². The number of sulfonamides is 1. The molecule has 0 bridgehead atoms. The molecule has 2 aromatic rings. The lowest BCUT2D eigenvalue weighted by Crippen LogP contribution is -2.60. The Hall–Kier alpha value is -3.92. The molecule has 4 aliphatic rings. The summed E-state index contributed by atoms with van der Waals surface area (Å²) in [5.74, 6) is -1.66. The number of ether oxygens (including phenoxy) is 3. The van der Waals surface area contributed by atoms with E-state index in [4.69, 9.17) is 14.2 Å². The lowest BCUT2D eigenvalue weighted by Gasteiger charge is -2.35. The molecule has 0 radical (unpaired) electrons. The first-order valence-corrected chi connectivity index (χ1v) is 20.0. The van der Waals surface area contributed by atoms with Crippen molar-refractivity contribution in [3.05, 3.63) is 30.2 Å². The molecule has 0 spiro atoms. The highest BCUT2D eigenvalue weighted by atomic mass is 32.2. The van der Waals surface area contributed by atoms with Crippen LogP contribution in [0.4, 0.5) is 4.79 Å². The average Bonchev–Trinajstić information content (AvgIpc) is 3.84. The van der Waals surface area contributed by atoms with E-state index < -0.39 is 74.1 Å². The van der Waals surface area contributed by atoms with Crippen molar-refractivity contribution in [1.82, 2.24) is 25.2 Å². The van der Waals surface area contributed by atoms with Crippen molar-refractivity contribution in [2.24, 2.45) is 11.3 Å². The van der Waals surface area contributed by atoms with Crippen molar-refractivity contribution in [3.63, 3.8) is 0 Å². The van der Waals surface area contributed by atoms with E-state index in [1.54, 1.807) is 6.07 Å². The van der Waals surface area contributed by atoms with Crippen molar-refractivity contribution in [2.75, 3.05) is 13.2 Å². The molecule has 16 heteroatoms. The number of aromatic nitrogens is 1. The quantitative estimate of drug-likeness (QED) is 0.255. The van der Waals surface area contributed by atoms with Crippen molar-refractivity contribution < 1.29 is 41.8 Å². The molecule has 278 valence electrons. The summed E-state index contributed by atoms with van der Waals surface area (Å²) in [5.41, 5.74) is -1.64. The van der Waals surface area contributed by atoms with Crippen LogP contribution in [-0.2, 0) is 29.1 Å². The third kappa shape index (κ3) is 7.96. The number of nitrogens with zero attached hydrogens (tertiary/aromatic N) is 2. The van der Waals surface area contributed by atoms with Crippen LogP contribution in [0.2, 0.25) is 0 Å². The summed E-state index contributed by atoms with van der Waals surface area (Å²) >= 11 is 1.43. The molecule has 3 N–H and O–H groups in total. The molecule has 4 fully saturated rings. The van der Waals surface area contributed by atoms with Gasteiger partial charge in [0.2, 0.25) is 27.7 Å². The van der Waals surface area contributed by atoms with Gasteiger partial charge in [0.15, 0.2) is 0 Å². The second-order valence-corrected chi connectivity index (χ2v) is 17.8. The number of fused-ring (bicyclic) bond motifs is 1. The second kappa shape index (κ2) is 14.2. The van der Waals surface area contributed by atoms with Crippen molar-refractivity contribution in [2.45, 2.75) is 114 Å². The summed E-state index contributed by atoms with van der Waals surface area (Å²) in [6, 6.07) is 1.33. The van der Waals surface area contributed by atoms with Crippen LogP contribution in [0.3, 0.4) is 0 Å². The van der Waals surface area contributed by atoms with Gasteiger partial charge in [0.05, 0.1) is 28.6 Å². The molecule has 14 nitrogen and oxygen atoms in total. The Morgan fingerprint density at radius 3 is 2.51 bits per heavy atom. The predicted octanol–water partition coefficient (Wildman–Crippen LogP) is 3.80. The van der Waals surface area contributed by atoms with Gasteiger partial charge in [-0.1, -0.05) is 26.8 Å². The van der Waals surface area contributed by atoms with E-state index in [0.717, 1.165) is 30.4 Å². The molecule has 6 rings (SSSR count). The number of pyridine rings is 1. The molecule has 0 unspecified atom stereocenters. The Morgan fingerprint density at radius 1 is 1.16 bits per heavy atom. The third-order valence-electron chi connectivity index (χ3n) is 9.99. The summed E-state index contributed by atoms with van der Waals surface area (Å²) in [6.07, 6.45) is 4.49. The van der Waals surface area contributed by atoms with E-state index in [2.05, 4.69) is 26.9 Å². The van der Waals surface area contributed by atoms with E-state index in [1.807, 2.05) is 39.1 Å². The maximum absolute atomic E-state index is 14.5. The van der Waals surface area contributed by atoms with Gasteiger partial charge in [0.25, 0.3) is 5.91 Å². The van der Waals surface area contributed by atoms with E-state index in [1.165, 1.54) is 22.3 Å². The number of carbonyl (C=O) groups excluding carboxylic acids is 4. The average molecular weight is 746 g/mol. The van der Waals surface area contributed by atoms with Crippen LogP contribution in [0.15, 0.2) is 30.2 Å². The van der Waals surface area contributed by atoms with Crippen LogP contribution in [-0.4, -0.2) is 90.3 Å². The van der Waals surface area contributed by atoms with Crippen molar-refractivity contribution in [3.8, 4) is 11.6 Å². The molecule has 51 heavy (non-hydrogen) atoms. The van der Waals surface area contributed by atoms with Gasteiger partial charge in [-0.05, 0) is 68.7 Å². The fourth-order valence-corrected chi connectivity index (χ4v) is 9.07. The van der Waals surface area contributed by atoms with E-state index in [-0.39, 0.29) is 25.5 Å². The Balaban J connectivity index is 1.27. The summed E-state index contributed by atoms with van der Waals surface area (Å²) in [5, 5.41) is 6.82. The minimum Gasteiger partial charge on any atom is -0.487 e. The number of carbonyl (C=O) groups is 4. The van der Waals surface area contributed by atoms with Crippen LogP contribution in [0.5, 0.6) is 11.6 Å². The Morgan fingerprint density at radius 2 is 1.88 bits per heavy atom. The zero-order valence-corrected chi connectivity index (χ0v) is 31.1. The highest BCUT2D eigenvalue weighted by Crippen LogP contribution is 2.46. The number of hydrogen-bond donors (Lipinski definition) is 3. The zero-order chi connectivity index (χ0) is 36.7. The largest absolute Gasteiger partial charge is 0.487 e. The van der Waals surface area contributed by atoms with Gasteiger partial charge in [-0.3, -0.25) is 19.1 Å². The molecule has 5 atom stereocenters. The van der Waals surface area contributed by atoms with Gasteiger partial charge in [-0.2, -0.15) is 0 Å². The number of amides is 4. The highest BCUT2D eigenvalue weighted by Gasteiger charge is 2.62. The van der Waals surface area contributed by atoms with Gasteiger partial charge in [-0.25, -0.2) is 18.2 Å². The van der Waals surface area contributed by atoms with Gasteiger partial charge < -0.3 is 29.7 Å². The first-order chi connectivity index (χ1) is 24.1. The zero-order valence-electron chi connectivity index (χ0n) is 29.4. The SMILES string of the molecule is C=C[C@@H]1C[C@]1(NC(=O)[C@@H]1C[C@@H](Oc2cc(OCC)nc3ccsc23)CN1C(=O)[C@@H](NC(=O)OC1CCCC1)C(C)(C)C)C(=O)NS(=O)(=O)C1CC1. The number of rotatable bonds is 13. The summed E-state index contributed by atoms with van der Waals surface area (Å²) < 4.78 is 46.1. The molecule has 3 saturated carbocycles. The van der Waals surface area contributed by atoms with Crippen LogP contribution in [0.1, 0.15) is 79.1 Å². The monoisotopic (exact) mass is 745 g/mol. The van der Waals surface area contributed by atoms with Crippen molar-refractivity contribution in [1.29, 1.82) is 0 Å². The first-order valence-electron chi connectivity index (χ1n) is 17.6. The standard InChI is InChI=1S/C35H47N5O9S2/c1-6-20-18-35(20,32(43)39-51(45,46)23-12-13-23)38-30(41)25-16-22(48-26-17-27(47-7-2)36-24-14-15-50-28(24)26)19-40(25)31(42)29(34(3,4)5)37-33(44)49-21-10-8-9-11-21/h6,14-15,17,20-23,25,29H,1,7-13,16,18-19H2,2-5H3,(H,37,44)(H,38,41)(H,39,43)/t20-,22-,25+,29-,35-/m1/s1. The number of thiophene rings is 1. The fraction of sp³-hybridized carbons (Fsp3) is 0.629. The maximum Gasteiger partial charge on any atom is 0.408 e. The molecule has 4 amide bonds. The molecule has 3 aliphatic carbocycles. The highest BCUT2D eigenvalue weighted by molar-refractivity contribution is 7.91. The topological polar surface area (TPSA) is 182 Å². The number of alkyl carbamates (subject to hydrolysis) is 1. The molecule has 1 aliphatic heterocycles. The van der Waals surface area contributed by atoms with Gasteiger partial charge in [0.1, 0.15) is 35.6 Å². The number of hydrogen-bond acceptors (Lipinski definition) is 11. The Bertz CT molecular complexity index is 1800. The van der Waals surface area contributed by atoms with Gasteiger partial charge in [0, 0.05) is 18.4 Å². The number of nitrogens with one attached hydrogen (secondary N) is 3.